The van der Waals surface area contributed by atoms with Crippen molar-refractivity contribution in [2.45, 2.75) is 39.5 Å². The molecule has 0 saturated heterocycles. The van der Waals surface area contributed by atoms with Gasteiger partial charge < -0.3 is 14.4 Å². The highest BCUT2D eigenvalue weighted by atomic mass is 32.1. The van der Waals surface area contributed by atoms with Gasteiger partial charge in [-0.1, -0.05) is 12.1 Å². The number of aryl methyl sites for hydroxylation is 2. The Morgan fingerprint density at radius 2 is 1.97 bits per heavy atom. The van der Waals surface area contributed by atoms with Crippen LogP contribution in [0.25, 0.3) is 5.00 Å². The molecule has 0 radical (unpaired) electrons. The predicted octanol–water partition coefficient (Wildman–Crippen LogP) is 4.51. The molecular weight excluding hydrogens is 426 g/mol. The van der Waals surface area contributed by atoms with Crippen LogP contribution in [0, 0.1) is 13.8 Å². The van der Waals surface area contributed by atoms with Crippen LogP contribution in [0.2, 0.25) is 0 Å². The third-order valence-corrected chi connectivity index (χ3v) is 7.04. The number of carbonyl (C=O) groups excluding carboxylic acids is 1. The lowest BCUT2D eigenvalue weighted by molar-refractivity contribution is 0.0695. The second kappa shape index (κ2) is 9.00. The van der Waals surface area contributed by atoms with E-state index in [1.165, 1.54) is 12.0 Å². The van der Waals surface area contributed by atoms with Crippen LogP contribution in [0.5, 0.6) is 5.75 Å². The zero-order chi connectivity index (χ0) is 22.8. The average Bonchev–Trinajstić information content (AvgIpc) is 3.30. The van der Waals surface area contributed by atoms with Gasteiger partial charge >= 0.3 is 5.97 Å². The van der Waals surface area contributed by atoms with E-state index < -0.39 is 5.97 Å². The molecule has 1 aliphatic carbocycles. The van der Waals surface area contributed by atoms with Crippen molar-refractivity contribution in [3.05, 3.63) is 68.9 Å². The lowest BCUT2D eigenvalue weighted by Crippen LogP contribution is -2.18. The van der Waals surface area contributed by atoms with E-state index in [-0.39, 0.29) is 5.91 Å². The number of aromatic nitrogens is 1. The molecule has 0 aliphatic heterocycles. The van der Waals surface area contributed by atoms with Gasteiger partial charge in [0.05, 0.1) is 24.5 Å². The molecule has 2 heterocycles. The van der Waals surface area contributed by atoms with Gasteiger partial charge in [-0.2, -0.15) is 5.10 Å². The topological polar surface area (TPSA) is 92.9 Å². The lowest BCUT2D eigenvalue weighted by Gasteiger charge is -2.11. The molecule has 0 fully saturated rings. The maximum absolute atomic E-state index is 12.5. The molecule has 7 nitrogen and oxygen atoms in total. The van der Waals surface area contributed by atoms with Gasteiger partial charge in [-0.3, -0.25) is 4.79 Å². The Labute approximate surface area is 190 Å². The summed E-state index contributed by atoms with van der Waals surface area (Å²) in [6, 6.07) is 8.88. The maximum atomic E-state index is 12.5. The summed E-state index contributed by atoms with van der Waals surface area (Å²) >= 11 is 1.57. The molecule has 8 heteroatoms. The summed E-state index contributed by atoms with van der Waals surface area (Å²) in [5, 5.41) is 14.8. The highest BCUT2D eigenvalue weighted by Crippen LogP contribution is 2.38. The Morgan fingerprint density at radius 1 is 1.22 bits per heavy atom. The molecule has 0 saturated carbocycles. The van der Waals surface area contributed by atoms with Crippen LogP contribution in [0.3, 0.4) is 0 Å². The van der Waals surface area contributed by atoms with Gasteiger partial charge in [0.15, 0.2) is 0 Å². The van der Waals surface area contributed by atoms with Gasteiger partial charge in [0.25, 0.3) is 5.91 Å². The number of carboxylic acid groups (broad SMARTS) is 1. The van der Waals surface area contributed by atoms with Crippen molar-refractivity contribution in [3.63, 3.8) is 0 Å². The fourth-order valence-corrected chi connectivity index (χ4v) is 5.71. The number of methoxy groups -OCH3 is 1. The molecule has 0 bridgehead atoms. The highest BCUT2D eigenvalue weighted by Gasteiger charge is 2.27. The Kier molecular flexibility index (Phi) is 6.14. The van der Waals surface area contributed by atoms with E-state index in [1.54, 1.807) is 41.8 Å². The van der Waals surface area contributed by atoms with Crippen molar-refractivity contribution < 1.29 is 19.4 Å². The Morgan fingerprint density at radius 3 is 2.72 bits per heavy atom. The second-order valence-corrected chi connectivity index (χ2v) is 8.84. The van der Waals surface area contributed by atoms with E-state index in [0.29, 0.717) is 16.9 Å². The summed E-state index contributed by atoms with van der Waals surface area (Å²) in [6.45, 7) is 3.88. The first-order valence-corrected chi connectivity index (χ1v) is 11.3. The van der Waals surface area contributed by atoms with Crippen molar-refractivity contribution in [1.82, 2.24) is 9.99 Å². The SMILES string of the molecule is COc1ccccc1C(=O)N/N=C\c1cc(C)n(-c2sc3c(c2C(=O)O)CCCC3)c1C. The van der Waals surface area contributed by atoms with Gasteiger partial charge in [0.2, 0.25) is 0 Å². The number of fused-ring (bicyclic) bond motifs is 1. The number of ether oxygens (including phenoxy) is 1. The first-order chi connectivity index (χ1) is 15.4. The molecule has 166 valence electrons. The van der Waals surface area contributed by atoms with E-state index in [2.05, 4.69) is 10.5 Å². The molecule has 2 aromatic heterocycles. The summed E-state index contributed by atoms with van der Waals surface area (Å²) < 4.78 is 7.20. The number of para-hydroxylation sites is 1. The van der Waals surface area contributed by atoms with Gasteiger partial charge in [0.1, 0.15) is 10.8 Å². The van der Waals surface area contributed by atoms with Crippen molar-refractivity contribution in [2.75, 3.05) is 7.11 Å². The van der Waals surface area contributed by atoms with Crippen molar-refractivity contribution in [3.8, 4) is 10.8 Å². The minimum absolute atomic E-state index is 0.369. The van der Waals surface area contributed by atoms with Crippen LogP contribution < -0.4 is 10.2 Å². The standard InChI is InChI=1S/C24H25N3O4S/c1-14-12-16(13-25-26-22(28)17-8-4-6-10-19(17)31-3)15(2)27(14)23-21(24(29)30)18-9-5-7-11-20(18)32-23/h4,6,8,10,12-13H,5,7,9,11H2,1-3H3,(H,26,28)(H,29,30)/b25-13-. The monoisotopic (exact) mass is 451 g/mol. The molecule has 1 aromatic carbocycles. The number of rotatable bonds is 6. The Hall–Kier alpha value is -3.39. The average molecular weight is 452 g/mol. The number of nitrogens with one attached hydrogen (secondary N) is 1. The third-order valence-electron chi connectivity index (χ3n) is 5.76. The molecule has 1 aliphatic rings. The minimum atomic E-state index is -0.883. The van der Waals surface area contributed by atoms with Crippen LogP contribution in [0.4, 0.5) is 0 Å². The minimum Gasteiger partial charge on any atom is -0.496 e. The Bertz CT molecular complexity index is 1220. The largest absolute Gasteiger partial charge is 0.496 e. The number of amides is 1. The summed E-state index contributed by atoms with van der Waals surface area (Å²) in [4.78, 5) is 25.7. The van der Waals surface area contributed by atoms with E-state index in [4.69, 9.17) is 4.74 Å². The maximum Gasteiger partial charge on any atom is 0.339 e. The normalized spacial score (nSPS) is 13.2. The molecule has 0 spiro atoms. The van der Waals surface area contributed by atoms with Crippen LogP contribution >= 0.6 is 11.3 Å². The quantitative estimate of drug-likeness (QED) is 0.426. The van der Waals surface area contributed by atoms with Gasteiger partial charge in [-0.25, -0.2) is 10.2 Å². The fourth-order valence-electron chi connectivity index (χ4n) is 4.21. The number of hydrogen-bond donors (Lipinski definition) is 2. The van der Waals surface area contributed by atoms with Crippen LogP contribution in [0.1, 0.15) is 60.9 Å². The number of nitrogens with zero attached hydrogens (tertiary/aromatic N) is 2. The zero-order valence-electron chi connectivity index (χ0n) is 18.3. The number of hydrogen-bond acceptors (Lipinski definition) is 5. The number of aromatic carboxylic acids is 1. The lowest BCUT2D eigenvalue weighted by atomic mass is 9.95. The molecule has 32 heavy (non-hydrogen) atoms. The molecule has 4 rings (SSSR count). The number of carbonyl (C=O) groups is 2. The summed E-state index contributed by atoms with van der Waals surface area (Å²) in [5.74, 6) is -0.779. The van der Waals surface area contributed by atoms with Crippen molar-refractivity contribution >= 4 is 29.4 Å². The zero-order valence-corrected chi connectivity index (χ0v) is 19.1. The predicted molar refractivity (Wildman–Crippen MR) is 125 cm³/mol. The molecule has 2 N–H and O–H groups in total. The summed E-state index contributed by atoms with van der Waals surface area (Å²) in [5.41, 5.74) is 6.93. The number of thiophene rings is 1. The van der Waals surface area contributed by atoms with E-state index in [9.17, 15) is 14.7 Å². The van der Waals surface area contributed by atoms with Gasteiger partial charge in [-0.05, 0) is 63.3 Å². The van der Waals surface area contributed by atoms with Crippen LogP contribution in [0.15, 0.2) is 35.4 Å². The van der Waals surface area contributed by atoms with Crippen LogP contribution in [-0.4, -0.2) is 34.9 Å². The molecule has 0 atom stereocenters. The number of benzene rings is 1. The van der Waals surface area contributed by atoms with Gasteiger partial charge in [0, 0.05) is 21.8 Å². The first-order valence-electron chi connectivity index (χ1n) is 10.5. The Balaban J connectivity index is 1.63. The van der Waals surface area contributed by atoms with E-state index >= 15 is 0 Å². The van der Waals surface area contributed by atoms with E-state index in [1.807, 2.05) is 24.5 Å². The fraction of sp³-hybridized carbons (Fsp3) is 0.292. The van der Waals surface area contributed by atoms with E-state index in [0.717, 1.165) is 53.2 Å². The third kappa shape index (κ3) is 3.93. The smallest absolute Gasteiger partial charge is 0.339 e. The van der Waals surface area contributed by atoms with Crippen molar-refractivity contribution in [1.29, 1.82) is 0 Å². The molecule has 1 amide bonds. The van der Waals surface area contributed by atoms with Gasteiger partial charge in [-0.15, -0.1) is 11.3 Å². The van der Waals surface area contributed by atoms with Crippen molar-refractivity contribution in [2.24, 2.45) is 5.10 Å². The first kappa shape index (κ1) is 21.8. The van der Waals surface area contributed by atoms with Crippen LogP contribution in [-0.2, 0) is 12.8 Å². The number of carboxylic acids is 1. The molecule has 0 unspecified atom stereocenters. The molecular formula is C24H25N3O4S. The number of hydrazone groups is 1. The second-order valence-electron chi connectivity index (χ2n) is 7.76. The summed E-state index contributed by atoms with van der Waals surface area (Å²) in [7, 11) is 1.51. The highest BCUT2D eigenvalue weighted by molar-refractivity contribution is 7.15. The summed E-state index contributed by atoms with van der Waals surface area (Å²) in [6.07, 6.45) is 5.45. The molecule has 3 aromatic rings.